The molecule has 0 aromatic heterocycles. The molecule has 1 saturated heterocycles. The van der Waals surface area contributed by atoms with Crippen LogP contribution >= 0.6 is 0 Å². The van der Waals surface area contributed by atoms with Gasteiger partial charge in [-0.15, -0.1) is 0 Å². The molecule has 90 valence electrons. The number of likely N-dealkylation sites (tertiary alicyclic amines) is 1. The topological polar surface area (TPSA) is 46.6 Å². The lowest BCUT2D eigenvalue weighted by molar-refractivity contribution is -0.119. The third-order valence-corrected chi connectivity index (χ3v) is 2.97. The molecule has 0 N–H and O–H groups in total. The minimum atomic E-state index is -0.410. The number of hydrogen-bond acceptors (Lipinski definition) is 3. The standard InChI is InChI=1S/C13H15NO3/c1-10-12(15)7-8-14(10)13(16)17-9-11-5-3-2-4-6-11/h2-6,10H,7-9H2,1H3/t10-/m1/s1. The van der Waals surface area contributed by atoms with Crippen molar-refractivity contribution in [3.05, 3.63) is 35.9 Å². The molecule has 17 heavy (non-hydrogen) atoms. The summed E-state index contributed by atoms with van der Waals surface area (Å²) in [5.41, 5.74) is 0.944. The van der Waals surface area contributed by atoms with Crippen LogP contribution in [0.5, 0.6) is 0 Å². The smallest absolute Gasteiger partial charge is 0.410 e. The third kappa shape index (κ3) is 2.64. The molecule has 0 aliphatic carbocycles. The van der Waals surface area contributed by atoms with Crippen LogP contribution in [0.25, 0.3) is 0 Å². The SMILES string of the molecule is C[C@@H]1C(=O)CCN1C(=O)OCc1ccccc1. The number of ketones is 1. The second-order valence-electron chi connectivity index (χ2n) is 4.13. The van der Waals surface area contributed by atoms with Gasteiger partial charge in [0.15, 0.2) is 5.78 Å². The first-order valence-electron chi connectivity index (χ1n) is 5.68. The van der Waals surface area contributed by atoms with Crippen LogP contribution in [-0.2, 0) is 16.1 Å². The Hall–Kier alpha value is -1.84. The average molecular weight is 233 g/mol. The van der Waals surface area contributed by atoms with Crippen LogP contribution in [0.4, 0.5) is 4.79 Å². The number of ether oxygens (including phenoxy) is 1. The summed E-state index contributed by atoms with van der Waals surface area (Å²) in [7, 11) is 0. The Labute approximate surface area is 100 Å². The van der Waals surface area contributed by atoms with Gasteiger partial charge in [0.25, 0.3) is 0 Å². The molecule has 1 amide bonds. The first kappa shape index (κ1) is 11.6. The molecule has 4 nitrogen and oxygen atoms in total. The van der Waals surface area contributed by atoms with E-state index in [2.05, 4.69) is 0 Å². The first-order valence-corrected chi connectivity index (χ1v) is 5.68. The zero-order valence-electron chi connectivity index (χ0n) is 9.76. The molecule has 1 heterocycles. The zero-order valence-corrected chi connectivity index (χ0v) is 9.76. The Morgan fingerprint density at radius 3 is 2.71 bits per heavy atom. The lowest BCUT2D eigenvalue weighted by Gasteiger charge is -2.19. The van der Waals surface area contributed by atoms with Crippen molar-refractivity contribution in [2.24, 2.45) is 0 Å². The second-order valence-corrected chi connectivity index (χ2v) is 4.13. The highest BCUT2D eigenvalue weighted by Gasteiger charge is 2.32. The van der Waals surface area contributed by atoms with Crippen LogP contribution < -0.4 is 0 Å². The van der Waals surface area contributed by atoms with Crippen molar-refractivity contribution in [1.82, 2.24) is 4.90 Å². The van der Waals surface area contributed by atoms with Gasteiger partial charge in [0.05, 0.1) is 6.04 Å². The fourth-order valence-electron chi connectivity index (χ4n) is 1.86. The molecule has 1 aliphatic rings. The number of benzene rings is 1. The maximum absolute atomic E-state index is 11.7. The van der Waals surface area contributed by atoms with E-state index in [1.807, 2.05) is 30.3 Å². The van der Waals surface area contributed by atoms with Crippen molar-refractivity contribution in [3.63, 3.8) is 0 Å². The van der Waals surface area contributed by atoms with Gasteiger partial charge in [0.2, 0.25) is 0 Å². The minimum Gasteiger partial charge on any atom is -0.445 e. The van der Waals surface area contributed by atoms with E-state index >= 15 is 0 Å². The Kier molecular flexibility index (Phi) is 3.42. The monoisotopic (exact) mass is 233 g/mol. The van der Waals surface area contributed by atoms with E-state index in [-0.39, 0.29) is 18.4 Å². The fraction of sp³-hybridized carbons (Fsp3) is 0.385. The molecular formula is C13H15NO3. The number of hydrogen-bond donors (Lipinski definition) is 0. The lowest BCUT2D eigenvalue weighted by Crippen LogP contribution is -2.36. The molecule has 4 heteroatoms. The van der Waals surface area contributed by atoms with Crippen LogP contribution in [0.1, 0.15) is 18.9 Å². The first-order chi connectivity index (χ1) is 8.18. The van der Waals surface area contributed by atoms with Gasteiger partial charge in [-0.2, -0.15) is 0 Å². The summed E-state index contributed by atoms with van der Waals surface area (Å²) in [5.74, 6) is 0.0988. The van der Waals surface area contributed by atoms with Gasteiger partial charge >= 0.3 is 6.09 Å². The Balaban J connectivity index is 1.88. The van der Waals surface area contributed by atoms with Crippen LogP contribution in [0.2, 0.25) is 0 Å². The summed E-state index contributed by atoms with van der Waals surface area (Å²) in [4.78, 5) is 24.5. The Bertz CT molecular complexity index is 416. The van der Waals surface area contributed by atoms with E-state index in [0.29, 0.717) is 13.0 Å². The van der Waals surface area contributed by atoms with Crippen molar-refractivity contribution in [3.8, 4) is 0 Å². The van der Waals surface area contributed by atoms with E-state index in [0.717, 1.165) is 5.56 Å². The van der Waals surface area contributed by atoms with Gasteiger partial charge in [0.1, 0.15) is 6.61 Å². The number of amides is 1. The number of carbonyl (C=O) groups excluding carboxylic acids is 2. The number of Topliss-reactive ketones (excluding diaryl/α,β-unsaturated/α-hetero) is 1. The third-order valence-electron chi connectivity index (χ3n) is 2.97. The Morgan fingerprint density at radius 1 is 1.41 bits per heavy atom. The maximum Gasteiger partial charge on any atom is 0.410 e. The molecule has 0 saturated carbocycles. The highest BCUT2D eigenvalue weighted by Crippen LogP contribution is 2.15. The quantitative estimate of drug-likeness (QED) is 0.784. The van der Waals surface area contributed by atoms with Crippen molar-refractivity contribution >= 4 is 11.9 Å². The van der Waals surface area contributed by atoms with E-state index < -0.39 is 6.09 Å². The number of rotatable bonds is 2. The van der Waals surface area contributed by atoms with Crippen LogP contribution in [0, 0.1) is 0 Å². The highest BCUT2D eigenvalue weighted by atomic mass is 16.6. The van der Waals surface area contributed by atoms with Crippen LogP contribution in [0.3, 0.4) is 0 Å². The van der Waals surface area contributed by atoms with Crippen LogP contribution in [0.15, 0.2) is 30.3 Å². The van der Waals surface area contributed by atoms with Crippen LogP contribution in [-0.4, -0.2) is 29.4 Å². The predicted octanol–water partition coefficient (Wildman–Crippen LogP) is 1.99. The van der Waals surface area contributed by atoms with Crippen molar-refractivity contribution in [2.75, 3.05) is 6.54 Å². The molecule has 0 spiro atoms. The van der Waals surface area contributed by atoms with Gasteiger partial charge in [-0.05, 0) is 12.5 Å². The summed E-state index contributed by atoms with van der Waals surface area (Å²) >= 11 is 0. The summed E-state index contributed by atoms with van der Waals surface area (Å²) in [6.45, 7) is 2.45. The molecule has 1 fully saturated rings. The molecule has 0 bridgehead atoms. The lowest BCUT2D eigenvalue weighted by atomic mass is 10.2. The normalized spacial score (nSPS) is 19.5. The summed E-state index contributed by atoms with van der Waals surface area (Å²) < 4.78 is 5.17. The largest absolute Gasteiger partial charge is 0.445 e. The molecule has 0 unspecified atom stereocenters. The number of nitrogens with zero attached hydrogens (tertiary/aromatic N) is 1. The summed E-state index contributed by atoms with van der Waals surface area (Å²) in [6, 6.07) is 9.14. The average Bonchev–Trinajstić information content (AvgIpc) is 2.69. The molecule has 1 aliphatic heterocycles. The van der Waals surface area contributed by atoms with E-state index in [1.54, 1.807) is 6.92 Å². The molecule has 0 radical (unpaired) electrons. The molecular weight excluding hydrogens is 218 g/mol. The summed E-state index contributed by atoms with van der Waals surface area (Å²) in [5, 5.41) is 0. The Morgan fingerprint density at radius 2 is 2.12 bits per heavy atom. The van der Waals surface area contributed by atoms with Gasteiger partial charge in [-0.1, -0.05) is 30.3 Å². The van der Waals surface area contributed by atoms with Gasteiger partial charge in [-0.3, -0.25) is 9.69 Å². The van der Waals surface area contributed by atoms with Gasteiger partial charge in [0, 0.05) is 13.0 Å². The zero-order chi connectivity index (χ0) is 12.3. The molecule has 2 rings (SSSR count). The summed E-state index contributed by atoms with van der Waals surface area (Å²) in [6.07, 6.45) is 0.0221. The van der Waals surface area contributed by atoms with Crippen molar-refractivity contribution < 1.29 is 14.3 Å². The van der Waals surface area contributed by atoms with E-state index in [4.69, 9.17) is 4.74 Å². The fourth-order valence-corrected chi connectivity index (χ4v) is 1.86. The van der Waals surface area contributed by atoms with Crippen molar-refractivity contribution in [2.45, 2.75) is 26.0 Å². The van der Waals surface area contributed by atoms with Crippen molar-refractivity contribution in [1.29, 1.82) is 0 Å². The minimum absolute atomic E-state index is 0.0988. The van der Waals surface area contributed by atoms with E-state index in [9.17, 15) is 9.59 Å². The maximum atomic E-state index is 11.7. The second kappa shape index (κ2) is 4.99. The number of carbonyl (C=O) groups is 2. The van der Waals surface area contributed by atoms with Gasteiger partial charge < -0.3 is 4.74 Å². The molecule has 1 atom stereocenters. The van der Waals surface area contributed by atoms with E-state index in [1.165, 1.54) is 4.90 Å². The highest BCUT2D eigenvalue weighted by molar-refractivity contribution is 5.90. The molecule has 1 aromatic rings. The van der Waals surface area contributed by atoms with Gasteiger partial charge in [-0.25, -0.2) is 4.79 Å². The molecule has 1 aromatic carbocycles. The predicted molar refractivity (Wildman–Crippen MR) is 62.4 cm³/mol.